The van der Waals surface area contributed by atoms with Gasteiger partial charge in [-0.3, -0.25) is 4.90 Å². The van der Waals surface area contributed by atoms with Crippen LogP contribution in [0.4, 0.5) is 5.13 Å². The van der Waals surface area contributed by atoms with Crippen LogP contribution in [0.25, 0.3) is 0 Å². The second kappa shape index (κ2) is 4.55. The summed E-state index contributed by atoms with van der Waals surface area (Å²) < 4.78 is 5.75. The van der Waals surface area contributed by atoms with Crippen molar-refractivity contribution >= 4 is 16.5 Å². The minimum Gasteiger partial charge on any atom is -0.379 e. The lowest BCUT2D eigenvalue weighted by Crippen LogP contribution is -2.42. The van der Waals surface area contributed by atoms with E-state index >= 15 is 0 Å². The van der Waals surface area contributed by atoms with E-state index in [1.165, 1.54) is 30.7 Å². The van der Waals surface area contributed by atoms with E-state index in [0.717, 1.165) is 26.3 Å². The molecule has 4 nitrogen and oxygen atoms in total. The normalized spacial score (nSPS) is 24.5. The molecule has 1 aromatic rings. The molecule has 94 valence electrons. The molecule has 1 aromatic heterocycles. The Balaban J connectivity index is 1.65. The van der Waals surface area contributed by atoms with Crippen LogP contribution in [0.5, 0.6) is 0 Å². The molecule has 17 heavy (non-hydrogen) atoms. The number of rotatable bonds is 2. The zero-order valence-electron chi connectivity index (χ0n) is 10.0. The van der Waals surface area contributed by atoms with E-state index in [-0.39, 0.29) is 0 Å². The first-order valence-electron chi connectivity index (χ1n) is 6.26. The van der Waals surface area contributed by atoms with E-state index in [4.69, 9.17) is 10.5 Å². The maximum Gasteiger partial charge on any atom is 0.180 e. The molecule has 2 fully saturated rings. The van der Waals surface area contributed by atoms with E-state index in [1.807, 2.05) is 6.20 Å². The van der Waals surface area contributed by atoms with E-state index in [9.17, 15) is 0 Å². The van der Waals surface area contributed by atoms with Gasteiger partial charge in [0.15, 0.2) is 5.13 Å². The highest BCUT2D eigenvalue weighted by atomic mass is 32.1. The largest absolute Gasteiger partial charge is 0.379 e. The fourth-order valence-corrected chi connectivity index (χ4v) is 3.54. The van der Waals surface area contributed by atoms with E-state index < -0.39 is 0 Å². The highest BCUT2D eigenvalue weighted by Crippen LogP contribution is 2.42. The molecule has 1 spiro atoms. The molecule has 1 saturated heterocycles. The van der Waals surface area contributed by atoms with Gasteiger partial charge in [0.2, 0.25) is 0 Å². The predicted molar refractivity (Wildman–Crippen MR) is 68.9 cm³/mol. The van der Waals surface area contributed by atoms with Crippen LogP contribution in [0.2, 0.25) is 0 Å². The summed E-state index contributed by atoms with van der Waals surface area (Å²) in [5.41, 5.74) is 6.12. The Hall–Kier alpha value is -0.650. The first kappa shape index (κ1) is 11.4. The average molecular weight is 253 g/mol. The molecule has 1 saturated carbocycles. The summed E-state index contributed by atoms with van der Waals surface area (Å²) in [5, 5.41) is 0.671. The van der Waals surface area contributed by atoms with Gasteiger partial charge in [-0.25, -0.2) is 4.98 Å². The number of thiazole rings is 1. The Morgan fingerprint density at radius 3 is 3.06 bits per heavy atom. The second-order valence-corrected chi connectivity index (χ2v) is 6.43. The maximum atomic E-state index is 5.75. The van der Waals surface area contributed by atoms with Crippen molar-refractivity contribution in [2.75, 3.05) is 32.0 Å². The number of hydrogen-bond donors (Lipinski definition) is 1. The third kappa shape index (κ3) is 2.46. The monoisotopic (exact) mass is 253 g/mol. The lowest BCUT2D eigenvalue weighted by molar-refractivity contribution is 0.00962. The smallest absolute Gasteiger partial charge is 0.180 e. The van der Waals surface area contributed by atoms with Crippen molar-refractivity contribution in [2.24, 2.45) is 5.41 Å². The highest BCUT2D eigenvalue weighted by molar-refractivity contribution is 7.15. The van der Waals surface area contributed by atoms with Crippen LogP contribution in [-0.2, 0) is 11.3 Å². The van der Waals surface area contributed by atoms with E-state index in [1.54, 1.807) is 11.3 Å². The van der Waals surface area contributed by atoms with Crippen molar-refractivity contribution in [3.8, 4) is 0 Å². The second-order valence-electron chi connectivity index (χ2n) is 5.28. The molecule has 1 aliphatic heterocycles. The van der Waals surface area contributed by atoms with Gasteiger partial charge >= 0.3 is 0 Å². The Bertz CT molecular complexity index is 389. The average Bonchev–Trinajstić information content (AvgIpc) is 2.54. The van der Waals surface area contributed by atoms with Gasteiger partial charge in [-0.05, 0) is 12.8 Å². The lowest BCUT2D eigenvalue weighted by atomic mass is 9.69. The van der Waals surface area contributed by atoms with Crippen molar-refractivity contribution in [1.29, 1.82) is 0 Å². The quantitative estimate of drug-likeness (QED) is 0.872. The minimum absolute atomic E-state index is 0.451. The van der Waals surface area contributed by atoms with Crippen molar-refractivity contribution in [3.05, 3.63) is 11.1 Å². The molecule has 1 aliphatic carbocycles. The summed E-state index contributed by atoms with van der Waals surface area (Å²) in [6, 6.07) is 0. The van der Waals surface area contributed by atoms with E-state index in [0.29, 0.717) is 10.5 Å². The van der Waals surface area contributed by atoms with Gasteiger partial charge in [-0.15, -0.1) is 11.3 Å². The molecule has 0 atom stereocenters. The third-order valence-electron chi connectivity index (χ3n) is 3.88. The Morgan fingerprint density at radius 2 is 2.41 bits per heavy atom. The van der Waals surface area contributed by atoms with Gasteiger partial charge < -0.3 is 10.5 Å². The molecule has 0 bridgehead atoms. The standard InChI is InChI=1S/C12H19N3OS/c13-11-14-6-10(17-11)7-15-4-5-16-9-12(8-15)2-1-3-12/h6H,1-5,7-9H2,(H2,13,14). The number of anilines is 1. The van der Waals surface area contributed by atoms with Crippen molar-refractivity contribution in [2.45, 2.75) is 25.8 Å². The summed E-state index contributed by atoms with van der Waals surface area (Å²) in [4.78, 5) is 7.88. The van der Waals surface area contributed by atoms with Crippen LogP contribution in [0, 0.1) is 5.41 Å². The van der Waals surface area contributed by atoms with Crippen LogP contribution in [0.15, 0.2) is 6.20 Å². The van der Waals surface area contributed by atoms with Crippen molar-refractivity contribution in [3.63, 3.8) is 0 Å². The first-order chi connectivity index (χ1) is 8.26. The number of hydrogen-bond acceptors (Lipinski definition) is 5. The van der Waals surface area contributed by atoms with Gasteiger partial charge in [0.1, 0.15) is 0 Å². The lowest BCUT2D eigenvalue weighted by Gasteiger charge is -2.42. The molecule has 2 heterocycles. The first-order valence-corrected chi connectivity index (χ1v) is 7.08. The van der Waals surface area contributed by atoms with Gasteiger partial charge in [0, 0.05) is 36.1 Å². The number of ether oxygens (including phenoxy) is 1. The number of nitrogens with two attached hydrogens (primary N) is 1. The molecular weight excluding hydrogens is 234 g/mol. The summed E-state index contributed by atoms with van der Waals surface area (Å²) in [6.07, 6.45) is 5.92. The Kier molecular flexibility index (Phi) is 3.06. The molecule has 2 N–H and O–H groups in total. The number of nitrogens with zero attached hydrogens (tertiary/aromatic N) is 2. The molecular formula is C12H19N3OS. The summed E-state index contributed by atoms with van der Waals surface area (Å²) >= 11 is 1.60. The van der Waals surface area contributed by atoms with E-state index in [2.05, 4.69) is 9.88 Å². The maximum absolute atomic E-state index is 5.75. The Morgan fingerprint density at radius 1 is 1.53 bits per heavy atom. The predicted octanol–water partition coefficient (Wildman–Crippen LogP) is 1.73. The Labute approximate surface area is 106 Å². The SMILES string of the molecule is Nc1ncc(CN2CCOCC3(CCC3)C2)s1. The number of aromatic nitrogens is 1. The van der Waals surface area contributed by atoms with Crippen LogP contribution in [-0.4, -0.2) is 36.2 Å². The molecule has 3 rings (SSSR count). The molecule has 5 heteroatoms. The van der Waals surface area contributed by atoms with Crippen LogP contribution in [0.3, 0.4) is 0 Å². The highest BCUT2D eigenvalue weighted by Gasteiger charge is 2.40. The van der Waals surface area contributed by atoms with Crippen LogP contribution < -0.4 is 5.73 Å². The molecule has 0 amide bonds. The van der Waals surface area contributed by atoms with Crippen molar-refractivity contribution < 1.29 is 4.74 Å². The van der Waals surface area contributed by atoms with Crippen molar-refractivity contribution in [1.82, 2.24) is 9.88 Å². The fourth-order valence-electron chi connectivity index (χ4n) is 2.81. The fraction of sp³-hybridized carbons (Fsp3) is 0.750. The van der Waals surface area contributed by atoms with Gasteiger partial charge in [-0.2, -0.15) is 0 Å². The zero-order chi connectivity index (χ0) is 11.7. The van der Waals surface area contributed by atoms with Crippen LogP contribution in [0.1, 0.15) is 24.1 Å². The molecule has 2 aliphatic rings. The molecule has 0 unspecified atom stereocenters. The summed E-state index contributed by atoms with van der Waals surface area (Å²) in [5.74, 6) is 0. The third-order valence-corrected chi connectivity index (χ3v) is 4.70. The molecule has 0 radical (unpaired) electrons. The van der Waals surface area contributed by atoms with Gasteiger partial charge in [0.25, 0.3) is 0 Å². The van der Waals surface area contributed by atoms with Gasteiger partial charge in [-0.1, -0.05) is 6.42 Å². The topological polar surface area (TPSA) is 51.4 Å². The summed E-state index contributed by atoms with van der Waals surface area (Å²) in [7, 11) is 0. The zero-order valence-corrected chi connectivity index (χ0v) is 10.8. The molecule has 0 aromatic carbocycles. The van der Waals surface area contributed by atoms with Gasteiger partial charge in [0.05, 0.1) is 13.2 Å². The number of nitrogen functional groups attached to an aromatic ring is 1. The van der Waals surface area contributed by atoms with Crippen LogP contribution >= 0.6 is 11.3 Å². The minimum atomic E-state index is 0.451. The summed E-state index contributed by atoms with van der Waals surface area (Å²) in [6.45, 7) is 4.98.